The van der Waals surface area contributed by atoms with Crippen LogP contribution in [0.5, 0.6) is 5.75 Å². The first-order valence-electron chi connectivity index (χ1n) is 8.41. The van der Waals surface area contributed by atoms with Crippen molar-refractivity contribution < 1.29 is 9.53 Å². The molecule has 1 amide bonds. The third kappa shape index (κ3) is 4.89. The zero-order valence-corrected chi connectivity index (χ0v) is 15.5. The average molecular weight is 339 g/mol. The number of carbonyl (C=O) groups is 1. The highest BCUT2D eigenvalue weighted by atomic mass is 16.5. The Labute approximate surface area is 149 Å². The molecule has 1 atom stereocenters. The van der Waals surface area contributed by atoms with Gasteiger partial charge in [-0.05, 0) is 50.6 Å². The van der Waals surface area contributed by atoms with E-state index in [-0.39, 0.29) is 11.8 Å². The van der Waals surface area contributed by atoms with Crippen LogP contribution >= 0.6 is 0 Å². The van der Waals surface area contributed by atoms with Crippen LogP contribution in [-0.2, 0) is 4.79 Å². The minimum absolute atomic E-state index is 0.0441. The Morgan fingerprint density at radius 3 is 2.52 bits per heavy atom. The lowest BCUT2D eigenvalue weighted by Gasteiger charge is -2.12. The molecule has 0 aliphatic carbocycles. The molecule has 0 radical (unpaired) electrons. The normalized spacial score (nSPS) is 11.6. The average Bonchev–Trinajstić information content (AvgIpc) is 2.62. The molecule has 0 aliphatic heterocycles. The Balaban J connectivity index is 2.38. The van der Waals surface area contributed by atoms with Gasteiger partial charge in [0.2, 0.25) is 5.91 Å². The molecule has 0 saturated carbocycles. The van der Waals surface area contributed by atoms with Crippen molar-refractivity contribution in [3.8, 4) is 17.0 Å². The fourth-order valence-corrected chi connectivity index (χ4v) is 2.20. The van der Waals surface area contributed by atoms with E-state index in [1.165, 1.54) is 0 Å². The highest BCUT2D eigenvalue weighted by Crippen LogP contribution is 2.24. The Hall–Kier alpha value is -2.69. The maximum atomic E-state index is 12.2. The summed E-state index contributed by atoms with van der Waals surface area (Å²) in [4.78, 5) is 21.3. The van der Waals surface area contributed by atoms with Crippen LogP contribution in [0.4, 0.5) is 5.82 Å². The molecule has 0 saturated heterocycles. The maximum absolute atomic E-state index is 12.2. The van der Waals surface area contributed by atoms with E-state index in [9.17, 15) is 4.79 Å². The van der Waals surface area contributed by atoms with E-state index in [4.69, 9.17) is 4.74 Å². The number of nitrogens with zero attached hydrogens (tertiary/aromatic N) is 2. The van der Waals surface area contributed by atoms with Gasteiger partial charge in [0.15, 0.2) is 5.82 Å². The van der Waals surface area contributed by atoms with E-state index in [1.807, 2.05) is 58.0 Å². The van der Waals surface area contributed by atoms with Crippen LogP contribution in [0.15, 0.2) is 36.0 Å². The lowest BCUT2D eigenvalue weighted by atomic mass is 10.1. The van der Waals surface area contributed by atoms with Crippen LogP contribution in [0, 0.1) is 5.92 Å². The van der Waals surface area contributed by atoms with Crippen molar-refractivity contribution >= 4 is 17.8 Å². The van der Waals surface area contributed by atoms with Gasteiger partial charge >= 0.3 is 0 Å². The summed E-state index contributed by atoms with van der Waals surface area (Å²) in [6.07, 6.45) is 4.38. The molecule has 0 bridgehead atoms. The number of benzene rings is 1. The molecule has 25 heavy (non-hydrogen) atoms. The van der Waals surface area contributed by atoms with E-state index >= 15 is 0 Å². The van der Waals surface area contributed by atoms with Crippen LogP contribution in [-0.4, -0.2) is 23.0 Å². The van der Waals surface area contributed by atoms with Crippen molar-refractivity contribution in [2.75, 3.05) is 12.4 Å². The predicted molar refractivity (Wildman–Crippen MR) is 101 cm³/mol. The van der Waals surface area contributed by atoms with Gasteiger partial charge in [0.25, 0.3) is 0 Å². The SMILES string of the molecule is CCC(C)C(=O)Nc1ncc(-c2ccc(OC)cc2)nc1C=C(C)C. The molecule has 5 heteroatoms. The Morgan fingerprint density at radius 1 is 1.28 bits per heavy atom. The van der Waals surface area contributed by atoms with E-state index < -0.39 is 0 Å². The summed E-state index contributed by atoms with van der Waals surface area (Å²) in [6.45, 7) is 7.86. The Morgan fingerprint density at radius 2 is 1.96 bits per heavy atom. The summed E-state index contributed by atoms with van der Waals surface area (Å²) in [5.41, 5.74) is 3.43. The first kappa shape index (κ1) is 18.6. The number of ether oxygens (including phenoxy) is 1. The number of hydrogen-bond acceptors (Lipinski definition) is 4. The molecule has 2 aromatic rings. The van der Waals surface area contributed by atoms with Gasteiger partial charge in [0, 0.05) is 11.5 Å². The molecular formula is C20H25N3O2. The highest BCUT2D eigenvalue weighted by Gasteiger charge is 2.14. The number of allylic oxidation sites excluding steroid dienone is 1. The number of carbonyl (C=O) groups excluding carboxylic acids is 1. The number of amides is 1. The predicted octanol–water partition coefficient (Wildman–Crippen LogP) is 4.56. The molecule has 0 aliphatic rings. The van der Waals surface area contributed by atoms with E-state index in [0.717, 1.165) is 29.0 Å². The zero-order valence-electron chi connectivity index (χ0n) is 15.5. The van der Waals surface area contributed by atoms with Gasteiger partial charge in [-0.3, -0.25) is 4.79 Å². The van der Waals surface area contributed by atoms with Crippen LogP contribution in [0.3, 0.4) is 0 Å². The lowest BCUT2D eigenvalue weighted by Crippen LogP contribution is -2.21. The number of aromatic nitrogens is 2. The van der Waals surface area contributed by atoms with Gasteiger partial charge in [-0.15, -0.1) is 0 Å². The third-order valence-corrected chi connectivity index (χ3v) is 3.91. The summed E-state index contributed by atoms with van der Waals surface area (Å²) >= 11 is 0. The largest absolute Gasteiger partial charge is 0.497 e. The monoisotopic (exact) mass is 339 g/mol. The summed E-state index contributed by atoms with van der Waals surface area (Å²) in [7, 11) is 1.64. The second-order valence-electron chi connectivity index (χ2n) is 6.24. The zero-order chi connectivity index (χ0) is 18.4. The minimum Gasteiger partial charge on any atom is -0.497 e. The van der Waals surface area contributed by atoms with E-state index in [2.05, 4.69) is 15.3 Å². The Kier molecular flexibility index (Phi) is 6.28. The van der Waals surface area contributed by atoms with Crippen molar-refractivity contribution in [2.45, 2.75) is 34.1 Å². The third-order valence-electron chi connectivity index (χ3n) is 3.91. The van der Waals surface area contributed by atoms with E-state index in [0.29, 0.717) is 11.5 Å². The summed E-state index contributed by atoms with van der Waals surface area (Å²) < 4.78 is 5.18. The van der Waals surface area contributed by atoms with Gasteiger partial charge in [-0.2, -0.15) is 0 Å². The minimum atomic E-state index is -0.0670. The van der Waals surface area contributed by atoms with Crippen LogP contribution in [0.1, 0.15) is 39.8 Å². The molecule has 1 aromatic heterocycles. The molecule has 0 fully saturated rings. The number of hydrogen-bond donors (Lipinski definition) is 1. The van der Waals surface area contributed by atoms with Crippen LogP contribution in [0.2, 0.25) is 0 Å². The molecule has 1 unspecified atom stereocenters. The van der Waals surface area contributed by atoms with Crippen molar-refractivity contribution in [2.24, 2.45) is 5.92 Å². The van der Waals surface area contributed by atoms with Gasteiger partial charge in [0.1, 0.15) is 11.4 Å². The second kappa shape index (κ2) is 8.42. The number of nitrogens with one attached hydrogen (secondary N) is 1. The first-order chi connectivity index (χ1) is 11.9. The second-order valence-corrected chi connectivity index (χ2v) is 6.24. The smallest absolute Gasteiger partial charge is 0.228 e. The maximum Gasteiger partial charge on any atom is 0.228 e. The van der Waals surface area contributed by atoms with Crippen LogP contribution in [0.25, 0.3) is 17.3 Å². The van der Waals surface area contributed by atoms with Crippen molar-refractivity contribution in [1.82, 2.24) is 9.97 Å². The molecule has 132 valence electrons. The van der Waals surface area contributed by atoms with Gasteiger partial charge in [-0.1, -0.05) is 19.4 Å². The summed E-state index contributed by atoms with van der Waals surface area (Å²) in [6, 6.07) is 7.64. The molecule has 1 heterocycles. The molecular weight excluding hydrogens is 314 g/mol. The quantitative estimate of drug-likeness (QED) is 0.838. The lowest BCUT2D eigenvalue weighted by molar-refractivity contribution is -0.119. The van der Waals surface area contributed by atoms with Gasteiger partial charge in [-0.25, -0.2) is 9.97 Å². The molecule has 0 spiro atoms. The molecule has 5 nitrogen and oxygen atoms in total. The fourth-order valence-electron chi connectivity index (χ4n) is 2.20. The summed E-state index contributed by atoms with van der Waals surface area (Å²) in [5.74, 6) is 1.17. The number of rotatable bonds is 6. The van der Waals surface area contributed by atoms with Crippen molar-refractivity contribution in [3.05, 3.63) is 41.7 Å². The van der Waals surface area contributed by atoms with Gasteiger partial charge in [0.05, 0.1) is 19.0 Å². The van der Waals surface area contributed by atoms with Crippen molar-refractivity contribution in [3.63, 3.8) is 0 Å². The molecule has 1 aromatic carbocycles. The molecule has 1 N–H and O–H groups in total. The van der Waals surface area contributed by atoms with Crippen molar-refractivity contribution in [1.29, 1.82) is 0 Å². The topological polar surface area (TPSA) is 64.1 Å². The Bertz CT molecular complexity index is 763. The van der Waals surface area contributed by atoms with Gasteiger partial charge < -0.3 is 10.1 Å². The standard InChI is InChI=1S/C20H25N3O2/c1-6-14(4)20(24)23-19-17(11-13(2)3)22-18(12-21-19)15-7-9-16(25-5)10-8-15/h7-12,14H,6H2,1-5H3,(H,21,23,24). The first-order valence-corrected chi connectivity index (χ1v) is 8.41. The number of anilines is 1. The fraction of sp³-hybridized carbons (Fsp3) is 0.350. The number of methoxy groups -OCH3 is 1. The highest BCUT2D eigenvalue weighted by molar-refractivity contribution is 5.93. The van der Waals surface area contributed by atoms with E-state index in [1.54, 1.807) is 13.3 Å². The van der Waals surface area contributed by atoms with Crippen LogP contribution < -0.4 is 10.1 Å². The summed E-state index contributed by atoms with van der Waals surface area (Å²) in [5, 5.41) is 2.89. The molecule has 2 rings (SSSR count).